The molecule has 1 heterocycles. The van der Waals surface area contributed by atoms with E-state index >= 15 is 0 Å². The Morgan fingerprint density at radius 1 is 1.20 bits per heavy atom. The van der Waals surface area contributed by atoms with Crippen LogP contribution in [0.1, 0.15) is 30.1 Å². The Morgan fingerprint density at radius 3 is 2.65 bits per heavy atom. The third-order valence-corrected chi connectivity index (χ3v) is 3.51. The van der Waals surface area contributed by atoms with E-state index < -0.39 is 11.6 Å². The van der Waals surface area contributed by atoms with E-state index in [0.717, 1.165) is 18.3 Å². The van der Waals surface area contributed by atoms with Crippen LogP contribution >= 0.6 is 0 Å². The fourth-order valence-corrected chi connectivity index (χ4v) is 2.35. The summed E-state index contributed by atoms with van der Waals surface area (Å²) >= 11 is 0. The maximum atomic E-state index is 13.0. The van der Waals surface area contributed by atoms with Gasteiger partial charge in [0.15, 0.2) is 0 Å². The summed E-state index contributed by atoms with van der Waals surface area (Å²) in [6, 6.07) is 4.26. The highest BCUT2D eigenvalue weighted by Gasteiger charge is 2.24. The SMILES string of the molecule is Fc1cc(F)cc(CCNCc2cncn2C2CC2)c1. The van der Waals surface area contributed by atoms with Gasteiger partial charge in [0.1, 0.15) is 11.6 Å². The van der Waals surface area contributed by atoms with Gasteiger partial charge in [-0.25, -0.2) is 13.8 Å². The minimum Gasteiger partial charge on any atom is -0.330 e. The predicted octanol–water partition coefficient (Wildman–Crippen LogP) is 2.83. The van der Waals surface area contributed by atoms with Crippen molar-refractivity contribution in [1.29, 1.82) is 0 Å². The number of rotatable bonds is 6. The Bertz CT molecular complexity index is 570. The van der Waals surface area contributed by atoms with Crippen LogP contribution < -0.4 is 5.32 Å². The van der Waals surface area contributed by atoms with Crippen molar-refractivity contribution >= 4 is 0 Å². The average Bonchev–Trinajstić information content (AvgIpc) is 3.13. The molecule has 0 unspecified atom stereocenters. The summed E-state index contributed by atoms with van der Waals surface area (Å²) in [5.74, 6) is -1.04. The molecule has 3 rings (SSSR count). The van der Waals surface area contributed by atoms with Crippen LogP contribution in [0.2, 0.25) is 0 Å². The van der Waals surface area contributed by atoms with Crippen molar-refractivity contribution in [3.05, 3.63) is 53.6 Å². The first kappa shape index (κ1) is 13.2. The smallest absolute Gasteiger partial charge is 0.126 e. The van der Waals surface area contributed by atoms with E-state index in [1.807, 2.05) is 12.5 Å². The normalized spacial score (nSPS) is 14.7. The summed E-state index contributed by atoms with van der Waals surface area (Å²) in [6.45, 7) is 1.41. The second kappa shape index (κ2) is 5.71. The molecule has 20 heavy (non-hydrogen) atoms. The lowest BCUT2D eigenvalue weighted by Crippen LogP contribution is -2.18. The molecule has 5 heteroatoms. The lowest BCUT2D eigenvalue weighted by Gasteiger charge is -2.08. The Balaban J connectivity index is 1.49. The van der Waals surface area contributed by atoms with Crippen molar-refractivity contribution < 1.29 is 8.78 Å². The van der Waals surface area contributed by atoms with Gasteiger partial charge in [-0.3, -0.25) is 0 Å². The van der Waals surface area contributed by atoms with E-state index in [4.69, 9.17) is 0 Å². The molecule has 0 bridgehead atoms. The van der Waals surface area contributed by atoms with Crippen LogP contribution in [0.4, 0.5) is 8.78 Å². The molecule has 1 fully saturated rings. The third kappa shape index (κ3) is 3.22. The van der Waals surface area contributed by atoms with Gasteiger partial charge in [-0.1, -0.05) is 0 Å². The minimum atomic E-state index is -0.521. The Hall–Kier alpha value is -1.75. The van der Waals surface area contributed by atoms with E-state index in [1.165, 1.54) is 25.0 Å². The van der Waals surface area contributed by atoms with Gasteiger partial charge in [0.2, 0.25) is 0 Å². The van der Waals surface area contributed by atoms with Crippen LogP contribution in [0.25, 0.3) is 0 Å². The second-order valence-electron chi connectivity index (χ2n) is 5.23. The molecule has 1 saturated carbocycles. The van der Waals surface area contributed by atoms with Gasteiger partial charge in [-0.05, 0) is 43.5 Å². The first-order valence-corrected chi connectivity index (χ1v) is 6.89. The quantitative estimate of drug-likeness (QED) is 0.823. The maximum absolute atomic E-state index is 13.0. The number of nitrogens with zero attached hydrogens (tertiary/aromatic N) is 2. The molecule has 2 aromatic rings. The van der Waals surface area contributed by atoms with Crippen molar-refractivity contribution in [1.82, 2.24) is 14.9 Å². The molecule has 106 valence electrons. The van der Waals surface area contributed by atoms with E-state index in [2.05, 4.69) is 14.9 Å². The molecule has 1 aromatic carbocycles. The fourth-order valence-electron chi connectivity index (χ4n) is 2.35. The van der Waals surface area contributed by atoms with Crippen molar-refractivity contribution in [2.45, 2.75) is 31.8 Å². The van der Waals surface area contributed by atoms with Crippen LogP contribution in [-0.2, 0) is 13.0 Å². The number of hydrogen-bond acceptors (Lipinski definition) is 2. The Morgan fingerprint density at radius 2 is 1.95 bits per heavy atom. The molecular formula is C15H17F2N3. The fraction of sp³-hybridized carbons (Fsp3) is 0.400. The molecule has 1 aliphatic rings. The molecule has 0 aliphatic heterocycles. The van der Waals surface area contributed by atoms with E-state index in [0.29, 0.717) is 24.6 Å². The summed E-state index contributed by atoms with van der Waals surface area (Å²) in [5.41, 5.74) is 1.84. The van der Waals surface area contributed by atoms with Gasteiger partial charge >= 0.3 is 0 Å². The van der Waals surface area contributed by atoms with E-state index in [9.17, 15) is 8.78 Å². The molecule has 1 N–H and O–H groups in total. The topological polar surface area (TPSA) is 29.9 Å². The van der Waals surface area contributed by atoms with E-state index in [1.54, 1.807) is 0 Å². The first-order chi connectivity index (χ1) is 9.72. The molecule has 0 saturated heterocycles. The minimum absolute atomic E-state index is 0.521. The van der Waals surface area contributed by atoms with Crippen molar-refractivity contribution in [2.24, 2.45) is 0 Å². The number of halogens is 2. The maximum Gasteiger partial charge on any atom is 0.126 e. The van der Waals surface area contributed by atoms with Crippen LogP contribution in [0.3, 0.4) is 0 Å². The summed E-state index contributed by atoms with van der Waals surface area (Å²) < 4.78 is 28.3. The molecule has 1 aliphatic carbocycles. The summed E-state index contributed by atoms with van der Waals surface area (Å²) in [7, 11) is 0. The van der Waals surface area contributed by atoms with Crippen molar-refractivity contribution in [2.75, 3.05) is 6.54 Å². The molecule has 0 atom stereocenters. The van der Waals surface area contributed by atoms with Gasteiger partial charge in [0.25, 0.3) is 0 Å². The van der Waals surface area contributed by atoms with Crippen LogP contribution in [0, 0.1) is 11.6 Å². The average molecular weight is 277 g/mol. The molecule has 1 aromatic heterocycles. The van der Waals surface area contributed by atoms with Gasteiger partial charge in [-0.2, -0.15) is 0 Å². The highest BCUT2D eigenvalue weighted by atomic mass is 19.1. The lowest BCUT2D eigenvalue weighted by atomic mass is 10.1. The summed E-state index contributed by atoms with van der Waals surface area (Å²) in [5, 5.41) is 3.29. The van der Waals surface area contributed by atoms with Gasteiger partial charge in [0, 0.05) is 24.8 Å². The zero-order valence-corrected chi connectivity index (χ0v) is 11.1. The van der Waals surface area contributed by atoms with Gasteiger partial charge < -0.3 is 9.88 Å². The zero-order chi connectivity index (χ0) is 13.9. The largest absolute Gasteiger partial charge is 0.330 e. The highest BCUT2D eigenvalue weighted by molar-refractivity contribution is 5.18. The zero-order valence-electron chi connectivity index (χ0n) is 11.1. The van der Waals surface area contributed by atoms with Crippen molar-refractivity contribution in [3.63, 3.8) is 0 Å². The molecule has 0 radical (unpaired) electrons. The summed E-state index contributed by atoms with van der Waals surface area (Å²) in [4.78, 5) is 4.17. The number of nitrogens with one attached hydrogen (secondary N) is 1. The molecule has 0 amide bonds. The van der Waals surface area contributed by atoms with Crippen LogP contribution in [0.5, 0.6) is 0 Å². The van der Waals surface area contributed by atoms with E-state index in [-0.39, 0.29) is 0 Å². The van der Waals surface area contributed by atoms with Gasteiger partial charge in [0.05, 0.1) is 12.0 Å². The molecule has 3 nitrogen and oxygen atoms in total. The van der Waals surface area contributed by atoms with Crippen LogP contribution in [-0.4, -0.2) is 16.1 Å². The Kier molecular flexibility index (Phi) is 3.78. The van der Waals surface area contributed by atoms with Crippen LogP contribution in [0.15, 0.2) is 30.7 Å². The summed E-state index contributed by atoms with van der Waals surface area (Å²) in [6.07, 6.45) is 6.80. The molecule has 0 spiro atoms. The monoisotopic (exact) mass is 277 g/mol. The standard InChI is InChI=1S/C15H17F2N3/c16-12-5-11(6-13(17)7-12)3-4-18-8-15-9-19-10-20(15)14-1-2-14/h5-7,9-10,14,18H,1-4,8H2. The predicted molar refractivity (Wildman–Crippen MR) is 72.3 cm³/mol. The highest BCUT2D eigenvalue weighted by Crippen LogP contribution is 2.35. The number of hydrogen-bond donors (Lipinski definition) is 1. The first-order valence-electron chi connectivity index (χ1n) is 6.89. The van der Waals surface area contributed by atoms with Gasteiger partial charge in [-0.15, -0.1) is 0 Å². The number of aromatic nitrogens is 2. The number of imidazole rings is 1. The third-order valence-electron chi connectivity index (χ3n) is 3.51. The molecular weight excluding hydrogens is 260 g/mol. The van der Waals surface area contributed by atoms with Crippen molar-refractivity contribution in [3.8, 4) is 0 Å². The second-order valence-corrected chi connectivity index (χ2v) is 5.23. The lowest BCUT2D eigenvalue weighted by molar-refractivity contribution is 0.576. The Labute approximate surface area is 116 Å². The number of benzene rings is 1.